The Balaban J connectivity index is 1.31. The molecule has 2 heterocycles. The molecule has 1 spiro atoms. The van der Waals surface area contributed by atoms with E-state index in [1.54, 1.807) is 0 Å². The van der Waals surface area contributed by atoms with Gasteiger partial charge in [0.1, 0.15) is 11.9 Å². The number of carbonyl (C=O) groups excluding carboxylic acids is 2. The summed E-state index contributed by atoms with van der Waals surface area (Å²) in [5.41, 5.74) is 1.04. The van der Waals surface area contributed by atoms with Crippen LogP contribution in [-0.2, 0) is 23.8 Å². The summed E-state index contributed by atoms with van der Waals surface area (Å²) in [4.78, 5) is 25.9. The number of allylic oxidation sites excluding steroid dienone is 1. The van der Waals surface area contributed by atoms with Crippen LogP contribution in [0.1, 0.15) is 79.1 Å². The van der Waals surface area contributed by atoms with Crippen LogP contribution in [0.5, 0.6) is 0 Å². The number of carbonyl (C=O) groups is 2. The van der Waals surface area contributed by atoms with E-state index in [1.165, 1.54) is 12.5 Å². The molecule has 6 heteroatoms. The molecule has 5 nitrogen and oxygen atoms in total. The molecule has 0 unspecified atom stereocenters. The lowest BCUT2D eigenvalue weighted by Gasteiger charge is -2.59. The van der Waals surface area contributed by atoms with Gasteiger partial charge in [0.2, 0.25) is 0 Å². The summed E-state index contributed by atoms with van der Waals surface area (Å²) in [5, 5.41) is 0.684. The third-order valence-corrected chi connectivity index (χ3v) is 12.3. The predicted octanol–water partition coefficient (Wildman–Crippen LogP) is 5.84. The summed E-state index contributed by atoms with van der Waals surface area (Å²) in [6, 6.07) is 0. The number of hydrogen-bond acceptors (Lipinski definition) is 5. The second-order valence-corrected chi connectivity index (χ2v) is 13.6. The molecule has 6 rings (SSSR count). The second kappa shape index (κ2) is 8.39. The summed E-state index contributed by atoms with van der Waals surface area (Å²) < 4.78 is 18.8. The van der Waals surface area contributed by atoms with Gasteiger partial charge in [-0.25, -0.2) is 0 Å². The molecule has 0 bridgehead atoms. The fourth-order valence-electron chi connectivity index (χ4n) is 9.54. The van der Waals surface area contributed by atoms with Crippen LogP contribution in [0.3, 0.4) is 0 Å². The number of Topliss-reactive ketones (excluding diaryl/α,β-unsaturated/α-hetero) is 1. The van der Waals surface area contributed by atoms with Gasteiger partial charge < -0.3 is 14.2 Å². The largest absolute Gasteiger partial charge is 0.463 e. The minimum Gasteiger partial charge on any atom is -0.463 e. The summed E-state index contributed by atoms with van der Waals surface area (Å²) in [6.07, 6.45) is 10.3. The minimum atomic E-state index is -0.533. The van der Waals surface area contributed by atoms with Crippen LogP contribution in [0.2, 0.25) is 0 Å². The Morgan fingerprint density at radius 1 is 1.20 bits per heavy atom. The molecule has 0 radical (unpaired) electrons. The molecule has 6 aliphatic rings. The summed E-state index contributed by atoms with van der Waals surface area (Å²) in [6.45, 7) is 9.20. The summed E-state index contributed by atoms with van der Waals surface area (Å²) in [7, 11) is 0. The Hall–Kier alpha value is -0.720. The monoisotopic (exact) mass is 548 g/mol. The van der Waals surface area contributed by atoms with Gasteiger partial charge in [-0.15, -0.1) is 0 Å². The first kappa shape index (κ1) is 24.6. The van der Waals surface area contributed by atoms with Crippen LogP contribution in [0.4, 0.5) is 0 Å². The van der Waals surface area contributed by atoms with Crippen molar-refractivity contribution in [3.63, 3.8) is 0 Å². The molecular weight excluding hydrogens is 508 g/mol. The van der Waals surface area contributed by atoms with Gasteiger partial charge in [-0.2, -0.15) is 0 Å². The third kappa shape index (κ3) is 3.37. The first-order chi connectivity index (χ1) is 16.6. The van der Waals surface area contributed by atoms with Crippen molar-refractivity contribution in [3.05, 3.63) is 11.6 Å². The lowest BCUT2D eigenvalue weighted by Crippen LogP contribution is -2.57. The fourth-order valence-corrected chi connectivity index (χ4v) is 10.6. The molecular formula is C29H41BrO5. The molecule has 2 saturated heterocycles. The molecule has 35 heavy (non-hydrogen) atoms. The number of hydrogen-bond donors (Lipinski definition) is 0. The van der Waals surface area contributed by atoms with Crippen LogP contribution in [0.25, 0.3) is 0 Å². The molecule has 5 fully saturated rings. The maximum absolute atomic E-state index is 14.3. The number of fused-ring (bicyclic) bond motifs is 7. The van der Waals surface area contributed by atoms with E-state index in [0.717, 1.165) is 51.6 Å². The molecule has 0 aromatic heterocycles. The van der Waals surface area contributed by atoms with Crippen molar-refractivity contribution in [1.82, 2.24) is 0 Å². The first-order valence-corrected chi connectivity index (χ1v) is 15.1. The minimum absolute atomic E-state index is 0.0288. The Morgan fingerprint density at radius 3 is 2.69 bits per heavy atom. The Morgan fingerprint density at radius 2 is 2.00 bits per heavy atom. The number of halogens is 1. The van der Waals surface area contributed by atoms with Crippen LogP contribution >= 0.6 is 15.9 Å². The standard InChI is InChI=1S/C29H41BrO5/c1-16-7-10-29(33-14-16)17(2)26-24(35-29)12-23-21-6-5-19-11-20(34-18(3)31)8-9-27(19,4)22(21)13-25(32)28(23,26)15-30/h12,16-17,19-22,24,26H,5-11,13-15H2,1-4H3/t16-,17+,19+,20+,21-,22+,24+,26+,27+,28-,29-/m1/s1. The number of ketones is 1. The molecule has 2 aliphatic heterocycles. The van der Waals surface area contributed by atoms with Crippen LogP contribution < -0.4 is 0 Å². The smallest absolute Gasteiger partial charge is 0.302 e. The highest BCUT2D eigenvalue weighted by atomic mass is 79.9. The third-order valence-electron chi connectivity index (χ3n) is 11.4. The van der Waals surface area contributed by atoms with Crippen LogP contribution in [-0.4, -0.2) is 41.7 Å². The van der Waals surface area contributed by atoms with Gasteiger partial charge in [-0.05, 0) is 67.6 Å². The van der Waals surface area contributed by atoms with Crippen molar-refractivity contribution in [2.45, 2.75) is 97.1 Å². The number of esters is 1. The van der Waals surface area contributed by atoms with Gasteiger partial charge in [0.05, 0.1) is 18.1 Å². The lowest BCUT2D eigenvalue weighted by atomic mass is 9.45. The van der Waals surface area contributed by atoms with Gasteiger partial charge in [0.15, 0.2) is 5.79 Å². The maximum atomic E-state index is 14.3. The average Bonchev–Trinajstić information content (AvgIpc) is 3.28. The molecule has 0 aromatic rings. The van der Waals surface area contributed by atoms with E-state index in [1.807, 2.05) is 0 Å². The highest BCUT2D eigenvalue weighted by Gasteiger charge is 2.70. The number of ether oxygens (including phenoxy) is 3. The van der Waals surface area contributed by atoms with E-state index in [0.29, 0.717) is 41.2 Å². The molecule has 3 saturated carbocycles. The van der Waals surface area contributed by atoms with E-state index < -0.39 is 11.2 Å². The predicted molar refractivity (Wildman–Crippen MR) is 136 cm³/mol. The van der Waals surface area contributed by atoms with Crippen molar-refractivity contribution in [3.8, 4) is 0 Å². The molecule has 0 aromatic carbocycles. The highest BCUT2D eigenvalue weighted by molar-refractivity contribution is 9.09. The zero-order chi connectivity index (χ0) is 24.8. The Bertz CT molecular complexity index is 937. The fraction of sp³-hybridized carbons (Fsp3) is 0.862. The van der Waals surface area contributed by atoms with Gasteiger partial charge in [0, 0.05) is 36.9 Å². The topological polar surface area (TPSA) is 61.8 Å². The molecule has 0 amide bonds. The number of alkyl halides is 1. The molecule has 11 atom stereocenters. The van der Waals surface area contributed by atoms with Crippen molar-refractivity contribution in [2.24, 2.45) is 46.3 Å². The van der Waals surface area contributed by atoms with Gasteiger partial charge in [-0.3, -0.25) is 9.59 Å². The quantitative estimate of drug-likeness (QED) is 0.246. The Labute approximate surface area is 218 Å². The van der Waals surface area contributed by atoms with Gasteiger partial charge in [-0.1, -0.05) is 48.4 Å². The summed E-state index contributed by atoms with van der Waals surface area (Å²) in [5.74, 6) is 1.96. The zero-order valence-corrected chi connectivity index (χ0v) is 23.3. The van der Waals surface area contributed by atoms with E-state index in [9.17, 15) is 9.59 Å². The lowest BCUT2D eigenvalue weighted by molar-refractivity contribution is -0.265. The van der Waals surface area contributed by atoms with Crippen molar-refractivity contribution in [1.29, 1.82) is 0 Å². The van der Waals surface area contributed by atoms with Crippen molar-refractivity contribution in [2.75, 3.05) is 11.9 Å². The normalized spacial score (nSPS) is 52.8. The van der Waals surface area contributed by atoms with Crippen LogP contribution in [0.15, 0.2) is 11.6 Å². The SMILES string of the molecule is CC(=O)O[C@H]1CC[C@@]2(C)[C@@H](CC[C@H]3C4=C[C@@H]5O[C@]6(CC[C@@H](C)CO6)[C@@H](C)[C@@H]5[C@@]4(CBr)C(=O)C[C@@H]32)C1. The van der Waals surface area contributed by atoms with E-state index in [-0.39, 0.29) is 35.4 Å². The average molecular weight is 550 g/mol. The molecule has 194 valence electrons. The second-order valence-electron chi connectivity index (χ2n) is 13.0. The van der Waals surface area contributed by atoms with Crippen molar-refractivity contribution >= 4 is 27.7 Å². The first-order valence-electron chi connectivity index (χ1n) is 13.9. The maximum Gasteiger partial charge on any atom is 0.302 e. The molecule has 0 N–H and O–H groups in total. The van der Waals surface area contributed by atoms with E-state index >= 15 is 0 Å². The van der Waals surface area contributed by atoms with Crippen molar-refractivity contribution < 1.29 is 23.8 Å². The van der Waals surface area contributed by atoms with Gasteiger partial charge >= 0.3 is 5.97 Å². The highest BCUT2D eigenvalue weighted by Crippen LogP contribution is 2.69. The Kier molecular flexibility index (Phi) is 5.90. The number of rotatable bonds is 2. The molecule has 4 aliphatic carbocycles. The zero-order valence-electron chi connectivity index (χ0n) is 21.7. The van der Waals surface area contributed by atoms with E-state index in [4.69, 9.17) is 14.2 Å². The van der Waals surface area contributed by atoms with E-state index in [2.05, 4.69) is 42.8 Å². The van der Waals surface area contributed by atoms with Crippen LogP contribution in [0, 0.1) is 46.3 Å². The summed E-state index contributed by atoms with van der Waals surface area (Å²) >= 11 is 3.86. The van der Waals surface area contributed by atoms with Gasteiger partial charge in [0.25, 0.3) is 0 Å².